The molecule has 0 heterocycles. The van der Waals surface area contributed by atoms with Crippen LogP contribution in [0.5, 0.6) is 0 Å². The fourth-order valence-electron chi connectivity index (χ4n) is 2.48. The SMILES string of the molecule is O=C1C(=[C-]c2ccccc2)CCCC1=[C-]c1ccccc1.[Y].[Y]. The predicted octanol–water partition coefficient (Wildman–Crippen LogP) is 4.29. The van der Waals surface area contributed by atoms with Gasteiger partial charge in [-0.25, -0.2) is 0 Å². The summed E-state index contributed by atoms with van der Waals surface area (Å²) >= 11 is 0. The van der Waals surface area contributed by atoms with Gasteiger partial charge < -0.3 is 4.79 Å². The molecule has 3 rings (SSSR count). The second-order valence-corrected chi connectivity index (χ2v) is 5.12. The number of hydrogen-bond donors (Lipinski definition) is 0. The number of carbonyl (C=O) groups is 1. The molecule has 0 aromatic heterocycles. The van der Waals surface area contributed by atoms with Gasteiger partial charge in [0.25, 0.3) is 0 Å². The zero-order valence-electron chi connectivity index (χ0n) is 13.0. The monoisotopic (exact) mass is 450 g/mol. The molecule has 0 saturated heterocycles. The molecular formula is C20H16OY2-2. The van der Waals surface area contributed by atoms with Gasteiger partial charge in [0.05, 0.1) is 5.78 Å². The molecule has 1 nitrogen and oxygen atoms in total. The van der Waals surface area contributed by atoms with Crippen LogP contribution in [-0.4, -0.2) is 5.78 Å². The van der Waals surface area contributed by atoms with Gasteiger partial charge in [-0.2, -0.15) is 0 Å². The van der Waals surface area contributed by atoms with E-state index in [1.54, 1.807) is 0 Å². The fraction of sp³-hybridized carbons (Fsp3) is 0.150. The Labute approximate surface area is 188 Å². The number of hydrogen-bond acceptors (Lipinski definition) is 1. The Kier molecular flexibility index (Phi) is 9.62. The summed E-state index contributed by atoms with van der Waals surface area (Å²) < 4.78 is 0. The summed E-state index contributed by atoms with van der Waals surface area (Å²) in [5.41, 5.74) is 3.46. The number of carbonyl (C=O) groups excluding carboxylic acids is 1. The number of allylic oxidation sites excluding steroid dienone is 2. The Morgan fingerprint density at radius 3 is 1.43 bits per heavy atom. The normalized spacial score (nSPS) is 17.5. The van der Waals surface area contributed by atoms with E-state index in [0.29, 0.717) is 0 Å². The van der Waals surface area contributed by atoms with E-state index in [1.165, 1.54) is 0 Å². The third-order valence-corrected chi connectivity index (χ3v) is 3.54. The molecule has 0 unspecified atom stereocenters. The van der Waals surface area contributed by atoms with Crippen molar-refractivity contribution in [3.63, 3.8) is 0 Å². The largest absolute Gasteiger partial charge is 0.347 e. The van der Waals surface area contributed by atoms with Crippen molar-refractivity contribution < 1.29 is 70.2 Å². The van der Waals surface area contributed by atoms with Gasteiger partial charge in [-0.1, -0.05) is 23.3 Å². The minimum Gasteiger partial charge on any atom is -0.347 e. The van der Waals surface area contributed by atoms with Crippen molar-refractivity contribution in [3.8, 4) is 0 Å². The molecule has 0 aliphatic heterocycles. The first-order valence-corrected chi connectivity index (χ1v) is 7.23. The van der Waals surface area contributed by atoms with Crippen LogP contribution in [0.1, 0.15) is 30.4 Å². The summed E-state index contributed by atoms with van der Waals surface area (Å²) in [5.74, 6) is 0.0916. The average molecular weight is 450 g/mol. The molecule has 1 fully saturated rings. The van der Waals surface area contributed by atoms with E-state index < -0.39 is 0 Å². The third kappa shape index (κ3) is 5.98. The van der Waals surface area contributed by atoms with Crippen LogP contribution in [0.25, 0.3) is 0 Å². The molecule has 0 amide bonds. The maximum absolute atomic E-state index is 12.5. The maximum atomic E-state index is 12.5. The van der Waals surface area contributed by atoms with Crippen LogP contribution in [0.2, 0.25) is 0 Å². The van der Waals surface area contributed by atoms with Crippen LogP contribution in [0, 0.1) is 12.2 Å². The van der Waals surface area contributed by atoms with Crippen molar-refractivity contribution >= 4 is 5.78 Å². The van der Waals surface area contributed by atoms with Gasteiger partial charge in [0, 0.05) is 65.4 Å². The second kappa shape index (κ2) is 10.6. The van der Waals surface area contributed by atoms with Gasteiger partial charge in [0.2, 0.25) is 0 Å². The van der Waals surface area contributed by atoms with Gasteiger partial charge >= 0.3 is 0 Å². The number of rotatable bonds is 2. The van der Waals surface area contributed by atoms with Gasteiger partial charge in [0.1, 0.15) is 0 Å². The zero-order valence-corrected chi connectivity index (χ0v) is 18.6. The summed E-state index contributed by atoms with van der Waals surface area (Å²) in [5, 5.41) is 0. The molecule has 110 valence electrons. The fourth-order valence-corrected chi connectivity index (χ4v) is 2.48. The molecule has 2 aromatic carbocycles. The average Bonchev–Trinajstić information content (AvgIpc) is 2.53. The molecule has 0 bridgehead atoms. The molecule has 1 aliphatic rings. The van der Waals surface area contributed by atoms with E-state index in [-0.39, 0.29) is 71.2 Å². The quantitative estimate of drug-likeness (QED) is 0.493. The van der Waals surface area contributed by atoms with Crippen molar-refractivity contribution in [2.24, 2.45) is 0 Å². The molecule has 2 aromatic rings. The summed E-state index contributed by atoms with van der Waals surface area (Å²) in [6.45, 7) is 0. The van der Waals surface area contributed by atoms with E-state index >= 15 is 0 Å². The first kappa shape index (κ1) is 20.8. The van der Waals surface area contributed by atoms with Crippen LogP contribution in [0.15, 0.2) is 71.8 Å². The first-order valence-electron chi connectivity index (χ1n) is 7.23. The Morgan fingerprint density at radius 2 is 1.04 bits per heavy atom. The Morgan fingerprint density at radius 1 is 0.652 bits per heavy atom. The van der Waals surface area contributed by atoms with Crippen LogP contribution < -0.4 is 0 Å². The zero-order chi connectivity index (χ0) is 14.5. The van der Waals surface area contributed by atoms with Gasteiger partial charge in [0.15, 0.2) is 0 Å². The van der Waals surface area contributed by atoms with Crippen LogP contribution in [0.3, 0.4) is 0 Å². The molecule has 2 radical (unpaired) electrons. The first-order chi connectivity index (χ1) is 10.3. The smallest absolute Gasteiger partial charge is 0.0996 e. The molecular weight excluding hydrogens is 434 g/mol. The van der Waals surface area contributed by atoms with Crippen LogP contribution >= 0.6 is 0 Å². The minimum absolute atomic E-state index is 0. The van der Waals surface area contributed by atoms with Crippen molar-refractivity contribution in [3.05, 3.63) is 95.1 Å². The van der Waals surface area contributed by atoms with Crippen molar-refractivity contribution in [1.82, 2.24) is 0 Å². The Bertz CT molecular complexity index is 629. The molecule has 3 heteroatoms. The molecule has 1 saturated carbocycles. The number of benzene rings is 2. The van der Waals surface area contributed by atoms with Crippen molar-refractivity contribution in [2.45, 2.75) is 19.3 Å². The molecule has 1 aliphatic carbocycles. The summed E-state index contributed by atoms with van der Waals surface area (Å²) in [6, 6.07) is 19.7. The van der Waals surface area contributed by atoms with Crippen LogP contribution in [0.4, 0.5) is 0 Å². The predicted molar refractivity (Wildman–Crippen MR) is 83.5 cm³/mol. The number of ketones is 1. The standard InChI is InChI=1S/C20H16O.2Y/c21-20-18(14-16-8-3-1-4-9-16)12-7-13-19(20)15-17-10-5-2-6-11-17;;/h1-6,8-11H,7,12-13H2;;/q-2;;. The summed E-state index contributed by atoms with van der Waals surface area (Å²) in [4.78, 5) is 12.5. The van der Waals surface area contributed by atoms with E-state index in [2.05, 4.69) is 12.2 Å². The maximum Gasteiger partial charge on any atom is 0.0996 e. The molecule has 0 N–H and O–H groups in total. The van der Waals surface area contributed by atoms with Crippen LogP contribution in [-0.2, 0) is 70.2 Å². The minimum atomic E-state index is 0. The number of Topliss-reactive ketones (excluding diaryl/α,β-unsaturated/α-hetero) is 1. The third-order valence-electron chi connectivity index (χ3n) is 3.54. The van der Waals surface area contributed by atoms with E-state index in [9.17, 15) is 4.79 Å². The second-order valence-electron chi connectivity index (χ2n) is 5.12. The van der Waals surface area contributed by atoms with Gasteiger partial charge in [-0.3, -0.25) is 0 Å². The van der Waals surface area contributed by atoms with E-state index in [0.717, 1.165) is 41.5 Å². The van der Waals surface area contributed by atoms with E-state index in [1.807, 2.05) is 60.7 Å². The molecule has 23 heavy (non-hydrogen) atoms. The summed E-state index contributed by atoms with van der Waals surface area (Å²) in [6.07, 6.45) is 9.09. The molecule has 0 spiro atoms. The summed E-state index contributed by atoms with van der Waals surface area (Å²) in [7, 11) is 0. The Balaban J connectivity index is 0.00000132. The van der Waals surface area contributed by atoms with Crippen molar-refractivity contribution in [1.29, 1.82) is 0 Å². The molecule has 0 atom stereocenters. The van der Waals surface area contributed by atoms with Crippen molar-refractivity contribution in [2.75, 3.05) is 0 Å². The van der Waals surface area contributed by atoms with Gasteiger partial charge in [-0.05, 0) is 19.3 Å². The van der Waals surface area contributed by atoms with E-state index in [4.69, 9.17) is 0 Å². The topological polar surface area (TPSA) is 17.1 Å². The Hall–Kier alpha value is -0.202. The van der Waals surface area contributed by atoms with Gasteiger partial charge in [-0.15, -0.1) is 71.8 Å².